The summed E-state index contributed by atoms with van der Waals surface area (Å²) in [5.74, 6) is -9.84. The maximum Gasteiger partial charge on any atom is 0.326 e. The number of amides is 8. The van der Waals surface area contributed by atoms with Gasteiger partial charge in [0.25, 0.3) is 5.91 Å². The number of benzene rings is 1. The van der Waals surface area contributed by atoms with E-state index in [-0.39, 0.29) is 24.4 Å². The highest BCUT2D eigenvalue weighted by Crippen LogP contribution is 2.33. The molecule has 22 nitrogen and oxygen atoms in total. The van der Waals surface area contributed by atoms with Gasteiger partial charge in [-0.3, -0.25) is 38.4 Å². The Bertz CT molecular complexity index is 1980. The molecule has 1 aromatic carbocycles. The van der Waals surface area contributed by atoms with Crippen LogP contribution in [0.25, 0.3) is 10.9 Å². The van der Waals surface area contributed by atoms with Gasteiger partial charge in [0.1, 0.15) is 24.2 Å². The van der Waals surface area contributed by atoms with Crippen LogP contribution in [0.15, 0.2) is 29.3 Å². The fraction of sp³-hybridized carbons (Fsp3) is 0.541. The number of para-hydroxylation sites is 1. The average molecular weight is 861 g/mol. The van der Waals surface area contributed by atoms with E-state index in [2.05, 4.69) is 36.9 Å². The van der Waals surface area contributed by atoms with E-state index in [9.17, 15) is 58.5 Å². The number of carboxylic acids is 1. The Balaban J connectivity index is 1.79. The first-order valence-corrected chi connectivity index (χ1v) is 20.1. The molecule has 14 N–H and O–H groups in total. The number of aliphatic hydroxyl groups is 2. The molecule has 4 rings (SSSR count). The number of aromatic nitrogens is 1. The summed E-state index contributed by atoms with van der Waals surface area (Å²) in [6.45, 7) is 2.87. The number of aliphatic hydroxyl groups excluding tert-OH is 2. The molecular formula is C37H52N10O12S. The van der Waals surface area contributed by atoms with Crippen LogP contribution in [-0.2, 0) is 49.6 Å². The van der Waals surface area contributed by atoms with Crippen LogP contribution in [0.3, 0.4) is 0 Å². The van der Waals surface area contributed by atoms with E-state index in [1.54, 1.807) is 38.1 Å². The van der Waals surface area contributed by atoms with E-state index in [0.29, 0.717) is 34.6 Å². The van der Waals surface area contributed by atoms with Gasteiger partial charge >= 0.3 is 5.97 Å². The standard InChI is InChI=1S/C37H52N10O12S/c1-4-16(2)29-32(55)41-14-27(52)46-35(33(56)43-22(12-25(38)50)36(57)47-10-9-23(47)37(58)59)60-34-19(18-7-5-6-8-20(18)44-34)11-21(30(53)40-13-26(51)45-29)42-31(54)28(39)17(3)24(49)15-48/h5-8,16-17,21-24,28-29,35,44,48-49H,4,9-15,39H2,1-3H3,(H2,38,50)(H,40,53)(H,41,55)(H,42,54)(H,43,56)(H,45,51)(H,46,52)(H,58,59)/t16-,17-,21-,22?,23-,24-,28-,29-,35-/m0/s1. The normalized spacial score (nSPS) is 23.1. The van der Waals surface area contributed by atoms with Crippen molar-refractivity contribution in [2.24, 2.45) is 23.3 Å². The number of hydrogen-bond acceptors (Lipinski definition) is 13. The van der Waals surface area contributed by atoms with Gasteiger partial charge in [0.05, 0.1) is 43.3 Å². The number of H-pyrrole nitrogens is 1. The van der Waals surface area contributed by atoms with Gasteiger partial charge < -0.3 is 68.6 Å². The van der Waals surface area contributed by atoms with E-state index in [0.717, 1.165) is 4.90 Å². The maximum atomic E-state index is 14.1. The van der Waals surface area contributed by atoms with Crippen molar-refractivity contribution >= 4 is 75.9 Å². The number of primary amides is 1. The quantitative estimate of drug-likeness (QED) is 0.0911. The Morgan fingerprint density at radius 1 is 1.00 bits per heavy atom. The van der Waals surface area contributed by atoms with E-state index in [1.807, 2.05) is 0 Å². The molecule has 3 heterocycles. The minimum absolute atomic E-state index is 0.0309. The molecule has 2 aromatic rings. The zero-order valence-electron chi connectivity index (χ0n) is 33.2. The Hall–Kier alpha value is -5.78. The number of aliphatic carboxylic acids is 1. The fourth-order valence-corrected chi connectivity index (χ4v) is 7.62. The Morgan fingerprint density at radius 3 is 2.25 bits per heavy atom. The predicted octanol–water partition coefficient (Wildman–Crippen LogP) is -4.13. The number of carboxylic acid groups (broad SMARTS) is 1. The molecule has 9 atom stereocenters. The van der Waals surface area contributed by atoms with Crippen LogP contribution >= 0.6 is 11.8 Å². The monoisotopic (exact) mass is 860 g/mol. The highest BCUT2D eigenvalue weighted by atomic mass is 32.2. The van der Waals surface area contributed by atoms with Crippen molar-refractivity contribution in [1.29, 1.82) is 0 Å². The summed E-state index contributed by atoms with van der Waals surface area (Å²) in [4.78, 5) is 123. The summed E-state index contributed by atoms with van der Waals surface area (Å²) in [6.07, 6.45) is -1.87. The second kappa shape index (κ2) is 21.0. The van der Waals surface area contributed by atoms with E-state index < -0.39 is 133 Å². The average Bonchev–Trinajstić information content (AvgIpc) is 3.53. The van der Waals surface area contributed by atoms with Crippen LogP contribution in [0, 0.1) is 11.8 Å². The molecule has 2 aliphatic rings. The van der Waals surface area contributed by atoms with Crippen molar-refractivity contribution in [2.75, 3.05) is 26.2 Å². The molecule has 1 fully saturated rings. The number of nitrogens with two attached hydrogens (primary N) is 2. The van der Waals surface area contributed by atoms with Crippen LogP contribution in [0.5, 0.6) is 0 Å². The van der Waals surface area contributed by atoms with Gasteiger partial charge in [-0.25, -0.2) is 4.79 Å². The van der Waals surface area contributed by atoms with Gasteiger partial charge in [-0.15, -0.1) is 0 Å². The van der Waals surface area contributed by atoms with E-state index in [1.165, 1.54) is 6.92 Å². The number of fused-ring (bicyclic) bond motifs is 3. The number of thioether (sulfide) groups is 1. The highest BCUT2D eigenvalue weighted by molar-refractivity contribution is 8.00. The van der Waals surface area contributed by atoms with Crippen LogP contribution in [0.1, 0.15) is 45.6 Å². The van der Waals surface area contributed by atoms with Gasteiger partial charge in [-0.2, -0.15) is 0 Å². The Kier molecular flexibility index (Phi) is 16.4. The smallest absolute Gasteiger partial charge is 0.326 e. The third-order valence-corrected chi connectivity index (χ3v) is 11.7. The van der Waals surface area contributed by atoms with Gasteiger partial charge in [-0.1, -0.05) is 57.2 Å². The molecule has 328 valence electrons. The fourth-order valence-electron chi connectivity index (χ4n) is 6.52. The van der Waals surface area contributed by atoms with Gasteiger partial charge in [-0.05, 0) is 24.0 Å². The lowest BCUT2D eigenvalue weighted by molar-refractivity contribution is -0.158. The lowest BCUT2D eigenvalue weighted by Crippen LogP contribution is -2.62. The first-order valence-electron chi connectivity index (χ1n) is 19.2. The summed E-state index contributed by atoms with van der Waals surface area (Å²) in [7, 11) is 0. The molecule has 1 unspecified atom stereocenters. The van der Waals surface area contributed by atoms with Crippen molar-refractivity contribution in [3.63, 3.8) is 0 Å². The van der Waals surface area contributed by atoms with Gasteiger partial charge in [0.2, 0.25) is 41.4 Å². The summed E-state index contributed by atoms with van der Waals surface area (Å²) in [5.41, 5.74) is 12.3. The largest absolute Gasteiger partial charge is 0.480 e. The SMILES string of the molecule is CC[C@H](C)[C@@H]1NC(=O)CNC(=O)[C@@H](NC(=O)[C@@H](N)[C@@H](C)[C@@H](O)CO)Cc2c([nH]c3ccccc23)S[C@@H](C(=O)NC(CC(N)=O)C(=O)N2CC[C@H]2C(=O)O)NC(=O)CNC1=O. The number of carbonyl (C=O) groups excluding carboxylic acids is 8. The second-order valence-electron chi connectivity index (χ2n) is 14.7. The number of aromatic amines is 1. The third-order valence-electron chi connectivity index (χ3n) is 10.5. The molecule has 2 aliphatic heterocycles. The van der Waals surface area contributed by atoms with E-state index >= 15 is 0 Å². The van der Waals surface area contributed by atoms with Crippen LogP contribution in [-0.4, -0.2) is 146 Å². The van der Waals surface area contributed by atoms with Crippen molar-refractivity contribution in [3.8, 4) is 0 Å². The number of rotatable bonds is 13. The van der Waals surface area contributed by atoms with Crippen LogP contribution in [0.2, 0.25) is 0 Å². The molecule has 0 saturated carbocycles. The molecule has 8 amide bonds. The minimum Gasteiger partial charge on any atom is -0.480 e. The zero-order valence-corrected chi connectivity index (χ0v) is 34.0. The molecule has 23 heteroatoms. The highest BCUT2D eigenvalue weighted by Gasteiger charge is 2.42. The van der Waals surface area contributed by atoms with Crippen molar-refractivity contribution in [3.05, 3.63) is 29.8 Å². The van der Waals surface area contributed by atoms with Gasteiger partial charge in [0.15, 0.2) is 5.37 Å². The molecule has 0 aliphatic carbocycles. The Labute approximate surface area is 348 Å². The lowest BCUT2D eigenvalue weighted by Gasteiger charge is -2.40. The first-order chi connectivity index (χ1) is 28.4. The summed E-state index contributed by atoms with van der Waals surface area (Å²) < 4.78 is 0. The number of hydrogen-bond donors (Lipinski definition) is 12. The minimum atomic E-state index is -1.65. The molecular weight excluding hydrogens is 809 g/mol. The van der Waals surface area contributed by atoms with E-state index in [4.69, 9.17) is 11.5 Å². The number of nitrogens with zero attached hydrogens (tertiary/aromatic N) is 1. The summed E-state index contributed by atoms with van der Waals surface area (Å²) >= 11 is 0.706. The molecule has 1 aromatic heterocycles. The van der Waals surface area contributed by atoms with Crippen LogP contribution in [0.4, 0.5) is 0 Å². The second-order valence-corrected chi connectivity index (χ2v) is 15.8. The molecule has 60 heavy (non-hydrogen) atoms. The molecule has 0 radical (unpaired) electrons. The molecule has 0 bridgehead atoms. The van der Waals surface area contributed by atoms with Gasteiger partial charge in [0, 0.05) is 29.8 Å². The predicted molar refractivity (Wildman–Crippen MR) is 213 cm³/mol. The van der Waals surface area contributed by atoms with Crippen molar-refractivity contribution in [2.45, 2.75) is 93.2 Å². The summed E-state index contributed by atoms with van der Waals surface area (Å²) in [6, 6.07) is -0.189. The number of likely N-dealkylation sites (tertiary alicyclic amines) is 1. The first kappa shape index (κ1) is 46.9. The van der Waals surface area contributed by atoms with Crippen molar-refractivity contribution < 1.29 is 58.5 Å². The maximum absolute atomic E-state index is 14.1. The lowest BCUT2D eigenvalue weighted by atomic mass is 9.95. The van der Waals surface area contributed by atoms with Crippen molar-refractivity contribution in [1.82, 2.24) is 41.8 Å². The number of carbonyl (C=O) groups is 9. The zero-order chi connectivity index (χ0) is 44.4. The number of nitrogens with one attached hydrogen (secondary N) is 7. The molecule has 0 spiro atoms. The topological polar surface area (TPSA) is 358 Å². The van der Waals surface area contributed by atoms with Crippen LogP contribution < -0.4 is 43.4 Å². The molecule has 1 saturated heterocycles. The summed E-state index contributed by atoms with van der Waals surface area (Å²) in [5, 5.41) is 43.1. The third kappa shape index (κ3) is 11.7. The Morgan fingerprint density at radius 2 is 1.65 bits per heavy atom.